The molecule has 0 fully saturated rings. The van der Waals surface area contributed by atoms with Crippen molar-refractivity contribution in [1.82, 2.24) is 15.5 Å². The lowest BCUT2D eigenvalue weighted by Crippen LogP contribution is -2.52. The van der Waals surface area contributed by atoms with Gasteiger partial charge in [0, 0.05) is 25.3 Å². The molecule has 0 aliphatic rings. The van der Waals surface area contributed by atoms with Crippen LogP contribution in [0.5, 0.6) is 0 Å². The Morgan fingerprint density at radius 1 is 1.05 bits per heavy atom. The zero-order valence-electron chi connectivity index (χ0n) is 21.2. The molecule has 0 aliphatic carbocycles. The number of thioether (sulfide) groups is 1. The predicted molar refractivity (Wildman–Crippen MR) is 148 cm³/mol. The number of carbonyl (C=O) groups is 4. The van der Waals surface area contributed by atoms with Gasteiger partial charge in [-0.05, 0) is 25.8 Å². The lowest BCUT2D eigenvalue weighted by atomic mass is 10.1. The van der Waals surface area contributed by atoms with Crippen molar-refractivity contribution in [2.75, 3.05) is 30.3 Å². The summed E-state index contributed by atoms with van der Waals surface area (Å²) in [6.07, 6.45) is -0.629. The average molecular weight is 591 g/mol. The zero-order chi connectivity index (χ0) is 28.9. The summed E-state index contributed by atoms with van der Waals surface area (Å²) in [6.45, 7) is 5.17. The maximum atomic E-state index is 13.0. The van der Waals surface area contributed by atoms with Crippen molar-refractivity contribution >= 4 is 61.9 Å². The SMILES string of the molecule is CCN(CC)C(=S)SCCS(=O)(=O)CC(NC(=O)CC[C@H](N)C(=O)O)C(=O)N[C@@H](C(=O)O)c1ccccc1. The number of hydrogen-bond donors (Lipinski definition) is 5. The molecule has 2 amide bonds. The van der Waals surface area contributed by atoms with Crippen molar-refractivity contribution in [3.8, 4) is 0 Å². The number of hydrogen-bond acceptors (Lipinski definition) is 9. The van der Waals surface area contributed by atoms with Gasteiger partial charge in [-0.15, -0.1) is 0 Å². The number of carbonyl (C=O) groups excluding carboxylic acids is 2. The maximum absolute atomic E-state index is 13.0. The van der Waals surface area contributed by atoms with Crippen LogP contribution in [0.25, 0.3) is 0 Å². The lowest BCUT2D eigenvalue weighted by Gasteiger charge is -2.22. The van der Waals surface area contributed by atoms with Crippen molar-refractivity contribution in [1.29, 1.82) is 0 Å². The largest absolute Gasteiger partial charge is 0.480 e. The molecule has 15 heteroatoms. The third-order valence-corrected chi connectivity index (χ3v) is 8.83. The van der Waals surface area contributed by atoms with Gasteiger partial charge >= 0.3 is 11.9 Å². The molecule has 0 aromatic heterocycles. The second-order valence-corrected chi connectivity index (χ2v) is 12.2. The molecule has 0 saturated heterocycles. The monoisotopic (exact) mass is 590 g/mol. The zero-order valence-corrected chi connectivity index (χ0v) is 23.6. The van der Waals surface area contributed by atoms with Gasteiger partial charge in [0.25, 0.3) is 0 Å². The first-order chi connectivity index (χ1) is 17.8. The molecule has 0 aliphatic heterocycles. The topological polar surface area (TPSA) is 196 Å². The Morgan fingerprint density at radius 2 is 1.66 bits per heavy atom. The summed E-state index contributed by atoms with van der Waals surface area (Å²) in [6, 6.07) is 3.33. The molecule has 12 nitrogen and oxygen atoms in total. The fraction of sp³-hybridized carbons (Fsp3) is 0.522. The minimum atomic E-state index is -3.91. The summed E-state index contributed by atoms with van der Waals surface area (Å²) in [5, 5.41) is 23.1. The van der Waals surface area contributed by atoms with E-state index in [1.807, 2.05) is 18.7 Å². The Hall–Kier alpha value is -2.75. The smallest absolute Gasteiger partial charge is 0.330 e. The van der Waals surface area contributed by atoms with E-state index >= 15 is 0 Å². The standard InChI is InChI=1S/C23H34N4O8S3/c1-3-27(4-2)23(36)37-12-13-38(34,35)14-17(25-18(28)11-10-16(24)21(30)31)20(29)26-19(22(32)33)15-8-6-5-7-9-15/h5-9,16-17,19H,3-4,10-14,24H2,1-2H3,(H,25,28)(H,26,29)(H,30,31)(H,32,33)/t16-,17?,19+/m0/s1. The van der Waals surface area contributed by atoms with E-state index in [0.29, 0.717) is 17.4 Å². The van der Waals surface area contributed by atoms with Crippen LogP contribution >= 0.6 is 24.0 Å². The number of rotatable bonds is 16. The molecule has 1 aromatic carbocycles. The first kappa shape index (κ1) is 33.3. The quantitative estimate of drug-likeness (QED) is 0.166. The van der Waals surface area contributed by atoms with Crippen LogP contribution in [0.15, 0.2) is 30.3 Å². The van der Waals surface area contributed by atoms with Gasteiger partial charge in [0.15, 0.2) is 15.9 Å². The van der Waals surface area contributed by atoms with E-state index in [0.717, 1.165) is 0 Å². The fourth-order valence-electron chi connectivity index (χ4n) is 3.20. The lowest BCUT2D eigenvalue weighted by molar-refractivity contribution is -0.142. The average Bonchev–Trinajstić information content (AvgIpc) is 2.85. The van der Waals surface area contributed by atoms with Crippen LogP contribution in [0, 0.1) is 0 Å². The number of benzene rings is 1. The molecule has 0 saturated carbocycles. The van der Waals surface area contributed by atoms with E-state index in [9.17, 15) is 32.7 Å². The molecule has 1 aromatic rings. The van der Waals surface area contributed by atoms with Gasteiger partial charge in [0.05, 0.1) is 11.5 Å². The van der Waals surface area contributed by atoms with Crippen molar-refractivity contribution in [3.63, 3.8) is 0 Å². The molecule has 6 N–H and O–H groups in total. The Balaban J connectivity index is 3.02. The summed E-state index contributed by atoms with van der Waals surface area (Å²) in [5.74, 6) is -5.55. The highest BCUT2D eigenvalue weighted by Gasteiger charge is 2.31. The summed E-state index contributed by atoms with van der Waals surface area (Å²) < 4.78 is 26.2. The van der Waals surface area contributed by atoms with Gasteiger partial charge in [-0.1, -0.05) is 54.3 Å². The van der Waals surface area contributed by atoms with Crippen LogP contribution < -0.4 is 16.4 Å². The highest BCUT2D eigenvalue weighted by molar-refractivity contribution is 8.23. The van der Waals surface area contributed by atoms with E-state index in [1.165, 1.54) is 23.9 Å². The molecular weight excluding hydrogens is 556 g/mol. The van der Waals surface area contributed by atoms with Gasteiger partial charge < -0.3 is 31.5 Å². The third-order valence-electron chi connectivity index (χ3n) is 5.38. The number of carboxylic acid groups (broad SMARTS) is 2. The van der Waals surface area contributed by atoms with Gasteiger partial charge in [0.1, 0.15) is 16.4 Å². The second-order valence-electron chi connectivity index (χ2n) is 8.20. The van der Waals surface area contributed by atoms with E-state index in [-0.39, 0.29) is 29.9 Å². The Kier molecular flexibility index (Phi) is 14.2. The Labute approximate surface area is 231 Å². The van der Waals surface area contributed by atoms with Gasteiger partial charge in [-0.25, -0.2) is 13.2 Å². The molecule has 212 valence electrons. The fourth-order valence-corrected chi connectivity index (χ4v) is 6.58. The summed E-state index contributed by atoms with van der Waals surface area (Å²) in [5.41, 5.74) is 5.65. The number of sulfone groups is 1. The summed E-state index contributed by atoms with van der Waals surface area (Å²) in [4.78, 5) is 50.1. The van der Waals surface area contributed by atoms with Crippen LogP contribution in [-0.2, 0) is 29.0 Å². The molecule has 1 rings (SSSR count). The molecule has 0 spiro atoms. The minimum Gasteiger partial charge on any atom is -0.480 e. The van der Waals surface area contributed by atoms with Crippen LogP contribution in [0.2, 0.25) is 0 Å². The number of nitrogens with one attached hydrogen (secondary N) is 2. The van der Waals surface area contributed by atoms with Gasteiger partial charge in [-0.2, -0.15) is 0 Å². The molecule has 38 heavy (non-hydrogen) atoms. The molecule has 0 heterocycles. The minimum absolute atomic E-state index is 0.120. The van der Waals surface area contributed by atoms with E-state index in [1.54, 1.807) is 18.2 Å². The number of nitrogens with two attached hydrogens (primary N) is 1. The number of carboxylic acids is 2. The Morgan fingerprint density at radius 3 is 2.18 bits per heavy atom. The number of aliphatic carboxylic acids is 2. The number of nitrogens with zero attached hydrogens (tertiary/aromatic N) is 1. The van der Waals surface area contributed by atoms with Gasteiger partial charge in [0.2, 0.25) is 11.8 Å². The van der Waals surface area contributed by atoms with Crippen molar-refractivity contribution in [2.45, 2.75) is 44.8 Å². The van der Waals surface area contributed by atoms with Crippen molar-refractivity contribution < 1.29 is 37.8 Å². The van der Waals surface area contributed by atoms with Crippen molar-refractivity contribution in [2.24, 2.45) is 5.73 Å². The summed E-state index contributed by atoms with van der Waals surface area (Å²) in [7, 11) is -3.91. The Bertz CT molecular complexity index is 1080. The molecular formula is C23H34N4O8S3. The molecule has 0 bridgehead atoms. The summed E-state index contributed by atoms with van der Waals surface area (Å²) >= 11 is 6.48. The van der Waals surface area contributed by atoms with Crippen LogP contribution in [0.1, 0.15) is 38.3 Å². The predicted octanol–water partition coefficient (Wildman–Crippen LogP) is 0.380. The normalized spacial score (nSPS) is 13.6. The molecule has 0 radical (unpaired) electrons. The van der Waals surface area contributed by atoms with E-state index in [4.69, 9.17) is 23.1 Å². The van der Waals surface area contributed by atoms with Crippen molar-refractivity contribution in [3.05, 3.63) is 35.9 Å². The molecule has 3 atom stereocenters. The first-order valence-corrected chi connectivity index (χ1v) is 15.0. The number of amides is 2. The highest BCUT2D eigenvalue weighted by Crippen LogP contribution is 2.14. The van der Waals surface area contributed by atoms with E-state index in [2.05, 4.69) is 10.6 Å². The first-order valence-electron chi connectivity index (χ1n) is 11.8. The second kappa shape index (κ2) is 16.3. The molecule has 1 unspecified atom stereocenters. The maximum Gasteiger partial charge on any atom is 0.330 e. The number of thiocarbonyl (C=S) groups is 1. The van der Waals surface area contributed by atoms with Crippen LogP contribution in [-0.4, -0.2) is 94.0 Å². The highest BCUT2D eigenvalue weighted by atomic mass is 32.2. The van der Waals surface area contributed by atoms with Crippen LogP contribution in [0.3, 0.4) is 0 Å². The van der Waals surface area contributed by atoms with E-state index < -0.39 is 57.5 Å². The third kappa shape index (κ3) is 11.8. The van der Waals surface area contributed by atoms with Gasteiger partial charge in [-0.3, -0.25) is 14.4 Å². The van der Waals surface area contributed by atoms with Crippen LogP contribution in [0.4, 0.5) is 0 Å².